The van der Waals surface area contributed by atoms with E-state index in [2.05, 4.69) is 20.2 Å². The quantitative estimate of drug-likeness (QED) is 0.694. The van der Waals surface area contributed by atoms with Crippen LogP contribution in [0.1, 0.15) is 55.6 Å². The summed E-state index contributed by atoms with van der Waals surface area (Å²) < 4.78 is 5.35. The minimum Gasteiger partial charge on any atom is -0.447 e. The third-order valence-corrected chi connectivity index (χ3v) is 6.26. The van der Waals surface area contributed by atoms with Gasteiger partial charge in [-0.1, -0.05) is 12.1 Å². The number of piperidine rings is 1. The number of ether oxygens (including phenoxy) is 1. The highest BCUT2D eigenvalue weighted by Crippen LogP contribution is 2.33. The Kier molecular flexibility index (Phi) is 7.23. The number of nitrogens with one attached hydrogen (secondary N) is 1. The average Bonchev–Trinajstić information content (AvgIpc) is 3.67. The SMILES string of the molecule is CNC(=O)c1ccc(-c2cnc(CN(C3CC3)C3CCN(C(=O)OC(C)C)CC3)cn2)cc1. The van der Waals surface area contributed by atoms with E-state index in [1.54, 1.807) is 25.4 Å². The number of hydrogen-bond acceptors (Lipinski definition) is 6. The molecule has 1 aliphatic heterocycles. The maximum absolute atomic E-state index is 12.2. The fourth-order valence-corrected chi connectivity index (χ4v) is 4.33. The number of aromatic nitrogens is 2. The molecule has 0 radical (unpaired) electrons. The van der Waals surface area contributed by atoms with Crippen LogP contribution < -0.4 is 5.32 Å². The second kappa shape index (κ2) is 10.3. The molecule has 176 valence electrons. The van der Waals surface area contributed by atoms with Crippen LogP contribution in [0.2, 0.25) is 0 Å². The van der Waals surface area contributed by atoms with Gasteiger partial charge in [0, 0.05) is 49.9 Å². The van der Waals surface area contributed by atoms with Crippen LogP contribution in [0.5, 0.6) is 0 Å². The van der Waals surface area contributed by atoms with Gasteiger partial charge in [0.15, 0.2) is 0 Å². The monoisotopic (exact) mass is 451 g/mol. The van der Waals surface area contributed by atoms with Gasteiger partial charge in [0.25, 0.3) is 5.91 Å². The van der Waals surface area contributed by atoms with Gasteiger partial charge in [0.1, 0.15) is 0 Å². The van der Waals surface area contributed by atoms with Crippen molar-refractivity contribution in [3.8, 4) is 11.3 Å². The predicted octanol–water partition coefficient (Wildman–Crippen LogP) is 3.48. The van der Waals surface area contributed by atoms with Crippen molar-refractivity contribution in [2.75, 3.05) is 20.1 Å². The lowest BCUT2D eigenvalue weighted by Gasteiger charge is -2.38. The molecule has 0 unspecified atom stereocenters. The second-order valence-corrected chi connectivity index (χ2v) is 9.10. The average molecular weight is 452 g/mol. The molecule has 1 saturated carbocycles. The Labute approximate surface area is 195 Å². The molecule has 33 heavy (non-hydrogen) atoms. The van der Waals surface area contributed by atoms with Crippen molar-refractivity contribution in [3.63, 3.8) is 0 Å². The summed E-state index contributed by atoms with van der Waals surface area (Å²) in [6.07, 6.45) is 7.71. The van der Waals surface area contributed by atoms with E-state index < -0.39 is 0 Å². The minimum absolute atomic E-state index is 0.0893. The lowest BCUT2D eigenvalue weighted by Crippen LogP contribution is -2.47. The Balaban J connectivity index is 1.36. The van der Waals surface area contributed by atoms with Crippen LogP contribution in [0, 0.1) is 0 Å². The van der Waals surface area contributed by atoms with Crippen LogP contribution in [0.15, 0.2) is 36.7 Å². The van der Waals surface area contributed by atoms with Gasteiger partial charge in [0.05, 0.1) is 29.9 Å². The molecule has 1 aromatic heterocycles. The highest BCUT2D eigenvalue weighted by molar-refractivity contribution is 5.94. The smallest absolute Gasteiger partial charge is 0.410 e. The normalized spacial score (nSPS) is 16.8. The van der Waals surface area contributed by atoms with E-state index in [-0.39, 0.29) is 18.1 Å². The van der Waals surface area contributed by atoms with Gasteiger partial charge < -0.3 is 15.0 Å². The van der Waals surface area contributed by atoms with Crippen molar-refractivity contribution in [1.82, 2.24) is 25.1 Å². The standard InChI is InChI=1S/C25H33N5O3/c1-17(2)33-25(32)29-12-10-22(11-13-29)30(21-8-9-21)16-20-14-28-23(15-27-20)18-4-6-19(7-5-18)24(31)26-3/h4-7,14-15,17,21-22H,8-13,16H2,1-3H3,(H,26,31). The summed E-state index contributed by atoms with van der Waals surface area (Å²) >= 11 is 0. The van der Waals surface area contributed by atoms with E-state index in [1.165, 1.54) is 12.8 Å². The van der Waals surface area contributed by atoms with Gasteiger partial charge in [-0.15, -0.1) is 0 Å². The maximum Gasteiger partial charge on any atom is 0.410 e. The molecule has 2 heterocycles. The van der Waals surface area contributed by atoms with E-state index in [4.69, 9.17) is 4.74 Å². The summed E-state index contributed by atoms with van der Waals surface area (Å²) in [7, 11) is 1.62. The number of hydrogen-bond donors (Lipinski definition) is 1. The fourth-order valence-electron chi connectivity index (χ4n) is 4.33. The molecule has 4 rings (SSSR count). The Morgan fingerprint density at radius 2 is 1.73 bits per heavy atom. The first kappa shape index (κ1) is 23.2. The fraction of sp³-hybridized carbons (Fsp3) is 0.520. The van der Waals surface area contributed by atoms with Crippen molar-refractivity contribution < 1.29 is 14.3 Å². The topological polar surface area (TPSA) is 87.7 Å². The number of nitrogens with zero attached hydrogens (tertiary/aromatic N) is 4. The lowest BCUT2D eigenvalue weighted by atomic mass is 10.0. The van der Waals surface area contributed by atoms with Gasteiger partial charge in [-0.25, -0.2) is 4.79 Å². The van der Waals surface area contributed by atoms with Crippen molar-refractivity contribution in [2.45, 2.75) is 64.3 Å². The van der Waals surface area contributed by atoms with Crippen molar-refractivity contribution in [2.24, 2.45) is 0 Å². The molecule has 1 aromatic carbocycles. The van der Waals surface area contributed by atoms with Crippen molar-refractivity contribution in [3.05, 3.63) is 47.9 Å². The van der Waals surface area contributed by atoms with Gasteiger partial charge in [-0.05, 0) is 51.7 Å². The third kappa shape index (κ3) is 5.87. The van der Waals surface area contributed by atoms with Gasteiger partial charge in [-0.2, -0.15) is 0 Å². The summed E-state index contributed by atoms with van der Waals surface area (Å²) in [4.78, 5) is 37.6. The zero-order valence-corrected chi connectivity index (χ0v) is 19.7. The molecule has 0 bridgehead atoms. The third-order valence-electron chi connectivity index (χ3n) is 6.26. The second-order valence-electron chi connectivity index (χ2n) is 9.10. The molecule has 2 aliphatic rings. The summed E-state index contributed by atoms with van der Waals surface area (Å²) in [6, 6.07) is 8.41. The molecule has 2 fully saturated rings. The molecular formula is C25H33N5O3. The summed E-state index contributed by atoms with van der Waals surface area (Å²) in [6.45, 7) is 6.00. The van der Waals surface area contributed by atoms with Crippen LogP contribution in [-0.4, -0.2) is 70.1 Å². The van der Waals surface area contributed by atoms with Crippen LogP contribution in [0.25, 0.3) is 11.3 Å². The van der Waals surface area contributed by atoms with Crippen LogP contribution in [0.4, 0.5) is 4.79 Å². The number of likely N-dealkylation sites (tertiary alicyclic amines) is 1. The Morgan fingerprint density at radius 3 is 2.27 bits per heavy atom. The van der Waals surface area contributed by atoms with Crippen molar-refractivity contribution in [1.29, 1.82) is 0 Å². The molecule has 2 amide bonds. The van der Waals surface area contributed by atoms with Crippen LogP contribution >= 0.6 is 0 Å². The summed E-state index contributed by atoms with van der Waals surface area (Å²) in [5.74, 6) is -0.106. The number of carbonyl (C=O) groups excluding carboxylic acids is 2. The predicted molar refractivity (Wildman–Crippen MR) is 126 cm³/mol. The van der Waals surface area contributed by atoms with Gasteiger partial charge in [-0.3, -0.25) is 19.7 Å². The Bertz CT molecular complexity index is 949. The molecule has 1 aliphatic carbocycles. The first-order valence-electron chi connectivity index (χ1n) is 11.8. The zero-order chi connectivity index (χ0) is 23.4. The Hall–Kier alpha value is -3.00. The minimum atomic E-state index is -0.203. The van der Waals surface area contributed by atoms with E-state index in [1.807, 2.05) is 37.1 Å². The number of amides is 2. The largest absolute Gasteiger partial charge is 0.447 e. The molecule has 0 spiro atoms. The van der Waals surface area contributed by atoms with Gasteiger partial charge in [0.2, 0.25) is 0 Å². The summed E-state index contributed by atoms with van der Waals surface area (Å²) in [5.41, 5.74) is 3.29. The Morgan fingerprint density at radius 1 is 1.06 bits per heavy atom. The first-order valence-corrected chi connectivity index (χ1v) is 11.8. The molecule has 8 nitrogen and oxygen atoms in total. The van der Waals surface area contributed by atoms with Gasteiger partial charge >= 0.3 is 6.09 Å². The highest BCUT2D eigenvalue weighted by Gasteiger charge is 2.36. The van der Waals surface area contributed by atoms with E-state index in [0.29, 0.717) is 17.6 Å². The zero-order valence-electron chi connectivity index (χ0n) is 19.7. The number of carbonyl (C=O) groups is 2. The highest BCUT2D eigenvalue weighted by atomic mass is 16.6. The molecule has 1 N–H and O–H groups in total. The van der Waals surface area contributed by atoms with Crippen molar-refractivity contribution >= 4 is 12.0 Å². The molecule has 2 aromatic rings. The molecule has 0 atom stereocenters. The summed E-state index contributed by atoms with van der Waals surface area (Å²) in [5, 5.41) is 2.63. The molecular weight excluding hydrogens is 418 g/mol. The first-order chi connectivity index (χ1) is 15.9. The van der Waals surface area contributed by atoms with E-state index in [0.717, 1.165) is 49.4 Å². The lowest BCUT2D eigenvalue weighted by molar-refractivity contribution is 0.0515. The van der Waals surface area contributed by atoms with E-state index >= 15 is 0 Å². The van der Waals surface area contributed by atoms with Crippen LogP contribution in [0.3, 0.4) is 0 Å². The molecule has 1 saturated heterocycles. The molecule has 8 heteroatoms. The van der Waals surface area contributed by atoms with E-state index in [9.17, 15) is 9.59 Å². The van der Waals surface area contributed by atoms with Crippen LogP contribution in [-0.2, 0) is 11.3 Å². The number of benzene rings is 1. The number of rotatable bonds is 7. The maximum atomic E-state index is 12.2.